The van der Waals surface area contributed by atoms with Crippen LogP contribution in [0.5, 0.6) is 11.5 Å². The number of allylic oxidation sites excluding steroid dienone is 1. The molecule has 0 saturated heterocycles. The number of nitrogens with zero attached hydrogens (tertiary/aromatic N) is 3. The van der Waals surface area contributed by atoms with Gasteiger partial charge in [-0.3, -0.25) is 9.36 Å². The lowest BCUT2D eigenvalue weighted by molar-refractivity contribution is 0.450. The van der Waals surface area contributed by atoms with Gasteiger partial charge in [-0.25, -0.2) is 10.4 Å². The van der Waals surface area contributed by atoms with E-state index in [2.05, 4.69) is 22.1 Å². The molecule has 126 valence electrons. The number of phenols is 2. The summed E-state index contributed by atoms with van der Waals surface area (Å²) < 4.78 is 1.42. The van der Waals surface area contributed by atoms with Gasteiger partial charge in [0.25, 0.3) is 5.56 Å². The molecular weight excluding hydrogens is 320 g/mol. The summed E-state index contributed by atoms with van der Waals surface area (Å²) >= 11 is 0. The number of hydrogen-bond acceptors (Lipinski definition) is 6. The predicted octanol–water partition coefficient (Wildman–Crippen LogP) is 2.44. The zero-order valence-corrected chi connectivity index (χ0v) is 13.3. The smallest absolute Gasteiger partial charge is 0.263 e. The molecule has 1 aromatic heterocycles. The lowest BCUT2D eigenvalue weighted by Crippen LogP contribution is -2.23. The number of fused-ring (bicyclic) bond motifs is 1. The molecule has 0 aliphatic rings. The quantitative estimate of drug-likeness (QED) is 0.377. The van der Waals surface area contributed by atoms with Gasteiger partial charge in [-0.2, -0.15) is 5.10 Å². The fraction of sp³-hybridized carbons (Fsp3) is 0.0556. The van der Waals surface area contributed by atoms with Gasteiger partial charge in [-0.15, -0.1) is 6.58 Å². The normalized spacial score (nSPS) is 11.0. The van der Waals surface area contributed by atoms with Gasteiger partial charge in [0, 0.05) is 18.2 Å². The lowest BCUT2D eigenvalue weighted by Gasteiger charge is -2.10. The molecule has 25 heavy (non-hydrogen) atoms. The molecule has 7 nitrogen and oxygen atoms in total. The number of nitrogens with one attached hydrogen (secondary N) is 1. The Morgan fingerprint density at radius 3 is 2.80 bits per heavy atom. The molecule has 0 aliphatic carbocycles. The molecule has 0 unspecified atom stereocenters. The Morgan fingerprint density at radius 2 is 2.04 bits per heavy atom. The highest BCUT2D eigenvalue weighted by Crippen LogP contribution is 2.21. The predicted molar refractivity (Wildman–Crippen MR) is 97.2 cm³/mol. The molecule has 3 aromatic rings. The van der Waals surface area contributed by atoms with Gasteiger partial charge in [-0.05, 0) is 24.3 Å². The van der Waals surface area contributed by atoms with E-state index in [0.29, 0.717) is 16.5 Å². The van der Waals surface area contributed by atoms with E-state index in [1.165, 1.54) is 29.0 Å². The third kappa shape index (κ3) is 3.35. The lowest BCUT2D eigenvalue weighted by atomic mass is 10.2. The van der Waals surface area contributed by atoms with Crippen molar-refractivity contribution in [2.75, 3.05) is 5.43 Å². The van der Waals surface area contributed by atoms with Crippen molar-refractivity contribution in [3.8, 4) is 11.5 Å². The summed E-state index contributed by atoms with van der Waals surface area (Å²) in [5.74, 6) is 0.109. The number of benzene rings is 2. The van der Waals surface area contributed by atoms with Crippen molar-refractivity contribution in [3.63, 3.8) is 0 Å². The van der Waals surface area contributed by atoms with E-state index in [9.17, 15) is 15.0 Å². The number of para-hydroxylation sites is 1. The zero-order valence-electron chi connectivity index (χ0n) is 13.3. The van der Waals surface area contributed by atoms with Crippen LogP contribution < -0.4 is 11.0 Å². The summed E-state index contributed by atoms with van der Waals surface area (Å²) in [4.78, 5) is 17.0. The zero-order chi connectivity index (χ0) is 17.8. The summed E-state index contributed by atoms with van der Waals surface area (Å²) in [6.45, 7) is 3.93. The van der Waals surface area contributed by atoms with Crippen molar-refractivity contribution < 1.29 is 10.2 Å². The van der Waals surface area contributed by atoms with Crippen LogP contribution in [0, 0.1) is 0 Å². The maximum absolute atomic E-state index is 12.6. The molecule has 0 saturated carbocycles. The minimum Gasteiger partial charge on any atom is -0.508 e. The van der Waals surface area contributed by atoms with Crippen LogP contribution in [0.15, 0.2) is 65.0 Å². The fourth-order valence-corrected chi connectivity index (χ4v) is 2.35. The average Bonchev–Trinajstić information content (AvgIpc) is 2.60. The highest BCUT2D eigenvalue weighted by molar-refractivity contribution is 5.84. The summed E-state index contributed by atoms with van der Waals surface area (Å²) in [7, 11) is 0. The molecule has 0 fully saturated rings. The minimum absolute atomic E-state index is 0.0429. The van der Waals surface area contributed by atoms with E-state index in [1.807, 2.05) is 0 Å². The molecular formula is C18H16N4O3. The van der Waals surface area contributed by atoms with Crippen LogP contribution in [0.3, 0.4) is 0 Å². The van der Waals surface area contributed by atoms with Crippen molar-refractivity contribution in [3.05, 3.63) is 71.0 Å². The molecule has 0 bridgehead atoms. The van der Waals surface area contributed by atoms with E-state index in [-0.39, 0.29) is 29.6 Å². The third-order valence-electron chi connectivity index (χ3n) is 3.56. The van der Waals surface area contributed by atoms with Crippen molar-refractivity contribution in [2.45, 2.75) is 6.54 Å². The van der Waals surface area contributed by atoms with E-state index < -0.39 is 0 Å². The Morgan fingerprint density at radius 1 is 1.24 bits per heavy atom. The van der Waals surface area contributed by atoms with Gasteiger partial charge >= 0.3 is 0 Å². The summed E-state index contributed by atoms with van der Waals surface area (Å²) in [6.07, 6.45) is 2.97. The monoisotopic (exact) mass is 336 g/mol. The van der Waals surface area contributed by atoms with Crippen LogP contribution in [0.4, 0.5) is 5.95 Å². The maximum atomic E-state index is 12.6. The van der Waals surface area contributed by atoms with Crippen LogP contribution in [-0.4, -0.2) is 26.0 Å². The number of hydrogen-bond donors (Lipinski definition) is 3. The first-order chi connectivity index (χ1) is 12.1. The first kappa shape index (κ1) is 16.3. The van der Waals surface area contributed by atoms with E-state index in [4.69, 9.17) is 0 Å². The van der Waals surface area contributed by atoms with Crippen molar-refractivity contribution in [1.29, 1.82) is 0 Å². The summed E-state index contributed by atoms with van der Waals surface area (Å²) in [6, 6.07) is 11.2. The Hall–Kier alpha value is -3.61. The highest BCUT2D eigenvalue weighted by atomic mass is 16.3. The fourth-order valence-electron chi connectivity index (χ4n) is 2.35. The van der Waals surface area contributed by atoms with Crippen LogP contribution in [0.25, 0.3) is 10.9 Å². The van der Waals surface area contributed by atoms with Gasteiger partial charge in [0.05, 0.1) is 17.1 Å². The number of anilines is 1. The molecule has 1 heterocycles. The van der Waals surface area contributed by atoms with Gasteiger partial charge < -0.3 is 10.2 Å². The standard InChI is InChI=1S/C18H16N4O3/c1-2-9-22-17(25)14-5-3-4-6-15(14)20-18(22)21-19-11-12-7-8-13(23)10-16(12)24/h2-8,10-11,23-24H,1,9H2,(H,20,21). The van der Waals surface area contributed by atoms with E-state index in [0.717, 1.165) is 0 Å². The summed E-state index contributed by atoms with van der Waals surface area (Å²) in [5.41, 5.74) is 3.48. The molecule has 0 radical (unpaired) electrons. The van der Waals surface area contributed by atoms with Crippen molar-refractivity contribution in [1.82, 2.24) is 9.55 Å². The minimum atomic E-state index is -0.198. The Kier molecular flexibility index (Phi) is 4.47. The number of phenolic OH excluding ortho intramolecular Hbond substituents is 2. The summed E-state index contributed by atoms with van der Waals surface area (Å²) in [5, 5.41) is 23.6. The van der Waals surface area contributed by atoms with Gasteiger partial charge in [0.2, 0.25) is 5.95 Å². The highest BCUT2D eigenvalue weighted by Gasteiger charge is 2.09. The first-order valence-electron chi connectivity index (χ1n) is 7.51. The molecule has 0 amide bonds. The molecule has 7 heteroatoms. The molecule has 3 N–H and O–H groups in total. The Balaban J connectivity index is 1.97. The van der Waals surface area contributed by atoms with Crippen LogP contribution >= 0.6 is 0 Å². The largest absolute Gasteiger partial charge is 0.508 e. The van der Waals surface area contributed by atoms with Gasteiger partial charge in [0.15, 0.2) is 0 Å². The number of hydrazone groups is 1. The second-order valence-corrected chi connectivity index (χ2v) is 5.27. The molecule has 0 spiro atoms. The SMILES string of the molecule is C=CCn1c(NN=Cc2ccc(O)cc2O)nc2ccccc2c1=O. The van der Waals surface area contributed by atoms with Gasteiger partial charge in [0.1, 0.15) is 11.5 Å². The number of rotatable bonds is 5. The molecule has 0 atom stereocenters. The molecule has 0 aliphatic heterocycles. The molecule has 2 aromatic carbocycles. The molecule has 3 rings (SSSR count). The number of aromatic hydroxyl groups is 2. The number of aromatic nitrogens is 2. The topological polar surface area (TPSA) is 99.7 Å². The van der Waals surface area contributed by atoms with Crippen molar-refractivity contribution >= 4 is 23.1 Å². The Labute approximate surface area is 143 Å². The van der Waals surface area contributed by atoms with Gasteiger partial charge in [-0.1, -0.05) is 18.2 Å². The van der Waals surface area contributed by atoms with Crippen LogP contribution in [0.2, 0.25) is 0 Å². The van der Waals surface area contributed by atoms with E-state index >= 15 is 0 Å². The first-order valence-corrected chi connectivity index (χ1v) is 7.51. The van der Waals surface area contributed by atoms with Crippen molar-refractivity contribution in [2.24, 2.45) is 5.10 Å². The van der Waals surface area contributed by atoms with Crippen LogP contribution in [0.1, 0.15) is 5.56 Å². The average molecular weight is 336 g/mol. The second kappa shape index (κ2) is 6.88. The second-order valence-electron chi connectivity index (χ2n) is 5.27. The Bertz CT molecular complexity index is 1020. The third-order valence-corrected chi connectivity index (χ3v) is 3.56. The maximum Gasteiger partial charge on any atom is 0.263 e. The van der Waals surface area contributed by atoms with Crippen LogP contribution in [-0.2, 0) is 6.54 Å². The van der Waals surface area contributed by atoms with E-state index in [1.54, 1.807) is 30.3 Å².